The number of nitrogens with one attached hydrogen (secondary N) is 1. The van der Waals surface area contributed by atoms with Gasteiger partial charge in [0.2, 0.25) is 0 Å². The van der Waals surface area contributed by atoms with E-state index < -0.39 is 15.8 Å². The Morgan fingerprint density at radius 2 is 2.04 bits per heavy atom. The maximum absolute atomic E-state index is 12.9. The van der Waals surface area contributed by atoms with Gasteiger partial charge in [-0.15, -0.1) is 12.4 Å². The summed E-state index contributed by atoms with van der Waals surface area (Å²) in [7, 11) is -3.55. The Labute approximate surface area is 156 Å². The minimum absolute atomic E-state index is 0. The second kappa shape index (κ2) is 7.31. The van der Waals surface area contributed by atoms with Crippen molar-refractivity contribution < 1.29 is 13.2 Å². The van der Waals surface area contributed by atoms with E-state index >= 15 is 0 Å². The van der Waals surface area contributed by atoms with Crippen LogP contribution in [-0.4, -0.2) is 30.9 Å². The molecular formula is C17H28ClN3O3S. The quantitative estimate of drug-likeness (QED) is 0.778. The van der Waals surface area contributed by atoms with E-state index in [1.165, 1.54) is 0 Å². The van der Waals surface area contributed by atoms with E-state index in [2.05, 4.69) is 4.72 Å². The van der Waals surface area contributed by atoms with E-state index in [1.807, 2.05) is 26.8 Å². The van der Waals surface area contributed by atoms with Crippen molar-refractivity contribution in [2.24, 2.45) is 0 Å². The van der Waals surface area contributed by atoms with Crippen LogP contribution in [0.15, 0.2) is 18.2 Å². The number of halogens is 1. The van der Waals surface area contributed by atoms with E-state index in [0.717, 1.165) is 24.8 Å². The number of hydrogen-bond donors (Lipinski definition) is 2. The minimum Gasteiger partial charge on any atom is -0.487 e. The van der Waals surface area contributed by atoms with Crippen molar-refractivity contribution >= 4 is 28.3 Å². The van der Waals surface area contributed by atoms with Gasteiger partial charge in [0.05, 0.1) is 6.04 Å². The Balaban J connectivity index is 0.00000225. The summed E-state index contributed by atoms with van der Waals surface area (Å²) in [6.07, 6.45) is 3.46. The topological polar surface area (TPSA) is 84.7 Å². The molecule has 2 aliphatic rings. The number of piperidine rings is 1. The number of benzene rings is 1. The summed E-state index contributed by atoms with van der Waals surface area (Å²) in [6.45, 7) is 6.49. The lowest BCUT2D eigenvalue weighted by atomic mass is 9.90. The maximum atomic E-state index is 12.9. The van der Waals surface area contributed by atoms with Gasteiger partial charge in [0.25, 0.3) is 10.2 Å². The highest BCUT2D eigenvalue weighted by Gasteiger charge is 2.38. The average Bonchev–Trinajstić information content (AvgIpc) is 2.47. The molecule has 8 heteroatoms. The molecule has 3 rings (SSSR count). The highest BCUT2D eigenvalue weighted by atomic mass is 35.5. The predicted octanol–water partition coefficient (Wildman–Crippen LogP) is 3.00. The van der Waals surface area contributed by atoms with Crippen LogP contribution in [0.3, 0.4) is 0 Å². The summed E-state index contributed by atoms with van der Waals surface area (Å²) in [5.74, 6) is 0.694. The van der Waals surface area contributed by atoms with Gasteiger partial charge >= 0.3 is 0 Å². The van der Waals surface area contributed by atoms with Crippen LogP contribution in [0.5, 0.6) is 5.75 Å². The Kier molecular flexibility index (Phi) is 5.93. The molecule has 2 heterocycles. The van der Waals surface area contributed by atoms with E-state index in [9.17, 15) is 8.42 Å². The molecule has 0 amide bonds. The van der Waals surface area contributed by atoms with Gasteiger partial charge in [0.15, 0.2) is 0 Å². The van der Waals surface area contributed by atoms with Crippen molar-refractivity contribution in [1.82, 2.24) is 9.03 Å². The van der Waals surface area contributed by atoms with E-state index in [0.29, 0.717) is 24.4 Å². The molecule has 2 unspecified atom stereocenters. The number of nitrogens with two attached hydrogens (primary N) is 1. The van der Waals surface area contributed by atoms with E-state index in [4.69, 9.17) is 10.5 Å². The number of hydrogen-bond acceptors (Lipinski definition) is 4. The van der Waals surface area contributed by atoms with Crippen molar-refractivity contribution in [3.63, 3.8) is 0 Å². The first kappa shape index (κ1) is 20.3. The minimum atomic E-state index is -3.55. The summed E-state index contributed by atoms with van der Waals surface area (Å²) in [4.78, 5) is 0. The number of nitrogen functional groups attached to an aromatic ring is 1. The molecule has 1 aromatic rings. The Morgan fingerprint density at radius 3 is 2.72 bits per heavy atom. The number of fused-ring (bicyclic) bond motifs is 1. The lowest BCUT2D eigenvalue weighted by Crippen LogP contribution is -2.50. The molecule has 1 aromatic carbocycles. The van der Waals surface area contributed by atoms with E-state index in [-0.39, 0.29) is 24.5 Å². The van der Waals surface area contributed by atoms with Gasteiger partial charge in [-0.3, -0.25) is 0 Å². The molecule has 25 heavy (non-hydrogen) atoms. The molecule has 6 nitrogen and oxygen atoms in total. The fourth-order valence-corrected chi connectivity index (χ4v) is 5.31. The molecule has 0 aliphatic carbocycles. The summed E-state index contributed by atoms with van der Waals surface area (Å²) >= 11 is 0. The lowest BCUT2D eigenvalue weighted by molar-refractivity contribution is 0.0697. The first-order valence-corrected chi connectivity index (χ1v) is 9.99. The smallest absolute Gasteiger partial charge is 0.280 e. The third-order valence-corrected chi connectivity index (χ3v) is 6.58. The van der Waals surface area contributed by atoms with Crippen LogP contribution in [0.1, 0.15) is 58.1 Å². The van der Waals surface area contributed by atoms with Crippen LogP contribution in [0.4, 0.5) is 5.69 Å². The molecule has 0 saturated carbocycles. The SMILES string of the molecule is CC1CCCCN1S(=O)(=O)NC1CC(C)(C)Oc2ccc(N)cc21.Cl. The summed E-state index contributed by atoms with van der Waals surface area (Å²) in [6, 6.07) is 5.09. The Hall–Kier alpha value is -1.02. The Bertz CT molecular complexity index is 724. The van der Waals surface area contributed by atoms with Crippen LogP contribution in [-0.2, 0) is 10.2 Å². The van der Waals surface area contributed by atoms with Crippen molar-refractivity contribution in [3.8, 4) is 5.75 Å². The van der Waals surface area contributed by atoms with Crippen molar-refractivity contribution in [2.45, 2.75) is 64.1 Å². The zero-order chi connectivity index (χ0) is 17.5. The number of anilines is 1. The first-order chi connectivity index (χ1) is 11.2. The number of rotatable bonds is 3. The van der Waals surface area contributed by atoms with Crippen molar-refractivity contribution in [3.05, 3.63) is 23.8 Å². The second-order valence-electron chi connectivity index (χ2n) is 7.49. The molecule has 2 atom stereocenters. The summed E-state index contributed by atoms with van der Waals surface area (Å²) < 4.78 is 36.3. The fourth-order valence-electron chi connectivity index (χ4n) is 3.65. The van der Waals surface area contributed by atoms with Gasteiger partial charge in [-0.2, -0.15) is 17.4 Å². The average molecular weight is 390 g/mol. The third-order valence-electron chi connectivity index (χ3n) is 4.83. The Morgan fingerprint density at radius 1 is 1.32 bits per heavy atom. The largest absolute Gasteiger partial charge is 0.487 e. The van der Waals surface area contributed by atoms with E-state index in [1.54, 1.807) is 16.4 Å². The molecule has 2 aliphatic heterocycles. The summed E-state index contributed by atoms with van der Waals surface area (Å²) in [5.41, 5.74) is 6.87. The number of ether oxygens (including phenoxy) is 1. The standard InChI is InChI=1S/C17H27N3O3S.ClH/c1-12-6-4-5-9-20(12)24(21,22)19-15-11-17(2,3)23-16-8-7-13(18)10-14(15)16;/h7-8,10,12,15,19H,4-6,9,11,18H2,1-3H3;1H. The summed E-state index contributed by atoms with van der Waals surface area (Å²) in [5, 5.41) is 0. The second-order valence-corrected chi connectivity index (χ2v) is 9.15. The molecule has 0 aromatic heterocycles. The van der Waals surface area contributed by atoms with Gasteiger partial charge in [0.1, 0.15) is 11.4 Å². The van der Waals surface area contributed by atoms with Gasteiger partial charge in [-0.1, -0.05) is 6.42 Å². The van der Waals surface area contributed by atoms with Gasteiger partial charge in [-0.05, 0) is 51.8 Å². The molecule has 0 bridgehead atoms. The third kappa shape index (κ3) is 4.39. The fraction of sp³-hybridized carbons (Fsp3) is 0.647. The van der Waals surface area contributed by atoms with Gasteiger partial charge in [0, 0.05) is 30.3 Å². The molecule has 1 fully saturated rings. The van der Waals surface area contributed by atoms with Crippen LogP contribution in [0.25, 0.3) is 0 Å². The zero-order valence-corrected chi connectivity index (χ0v) is 16.6. The van der Waals surface area contributed by atoms with Crippen LogP contribution in [0.2, 0.25) is 0 Å². The van der Waals surface area contributed by atoms with Crippen molar-refractivity contribution in [1.29, 1.82) is 0 Å². The van der Waals surface area contributed by atoms with Gasteiger partial charge in [-0.25, -0.2) is 0 Å². The van der Waals surface area contributed by atoms with Crippen LogP contribution >= 0.6 is 12.4 Å². The highest BCUT2D eigenvalue weighted by molar-refractivity contribution is 7.87. The normalized spacial score (nSPS) is 26.2. The van der Waals surface area contributed by atoms with Gasteiger partial charge < -0.3 is 10.5 Å². The number of nitrogens with zero attached hydrogens (tertiary/aromatic N) is 1. The zero-order valence-electron chi connectivity index (χ0n) is 15.0. The first-order valence-electron chi connectivity index (χ1n) is 8.55. The lowest BCUT2D eigenvalue weighted by Gasteiger charge is -2.39. The van der Waals surface area contributed by atoms with Crippen LogP contribution < -0.4 is 15.2 Å². The van der Waals surface area contributed by atoms with Crippen LogP contribution in [0, 0.1) is 0 Å². The molecule has 0 spiro atoms. The molecule has 0 radical (unpaired) electrons. The monoisotopic (exact) mass is 389 g/mol. The molecule has 1 saturated heterocycles. The molecular weight excluding hydrogens is 362 g/mol. The molecule has 142 valence electrons. The predicted molar refractivity (Wildman–Crippen MR) is 102 cm³/mol. The van der Waals surface area contributed by atoms with Crippen molar-refractivity contribution in [2.75, 3.05) is 12.3 Å². The molecule has 3 N–H and O–H groups in total. The highest BCUT2D eigenvalue weighted by Crippen LogP contribution is 2.41. The maximum Gasteiger partial charge on any atom is 0.280 e.